The van der Waals surface area contributed by atoms with E-state index in [0.717, 1.165) is 0 Å². The van der Waals surface area contributed by atoms with Gasteiger partial charge in [0.15, 0.2) is 0 Å². The number of amides is 1. The lowest BCUT2D eigenvalue weighted by atomic mass is 10.4. The number of hydrogen-bond acceptors (Lipinski definition) is 3. The minimum atomic E-state index is 0.591. The minimum Gasteiger partial charge on any atom is -0.397 e. The summed E-state index contributed by atoms with van der Waals surface area (Å²) in [4.78, 5) is 15.5. The van der Waals surface area contributed by atoms with Crippen LogP contribution in [-0.4, -0.2) is 18.4 Å². The summed E-state index contributed by atoms with van der Waals surface area (Å²) in [6, 6.07) is 3.38. The van der Waals surface area contributed by atoms with Crippen molar-refractivity contribution in [1.29, 1.82) is 0 Å². The van der Waals surface area contributed by atoms with Gasteiger partial charge in [0.2, 0.25) is 6.41 Å². The Morgan fingerprint density at radius 1 is 1.64 bits per heavy atom. The van der Waals surface area contributed by atoms with Gasteiger partial charge < -0.3 is 10.6 Å². The van der Waals surface area contributed by atoms with Gasteiger partial charge in [-0.1, -0.05) is 0 Å². The molecule has 1 heterocycles. The molecule has 0 fully saturated rings. The third kappa shape index (κ3) is 1.67. The van der Waals surface area contributed by atoms with E-state index in [2.05, 4.69) is 4.98 Å². The molecule has 0 radical (unpaired) electrons. The number of carbonyl (C=O) groups excluding carboxylic acids is 1. The highest BCUT2D eigenvalue weighted by Crippen LogP contribution is 2.07. The van der Waals surface area contributed by atoms with Gasteiger partial charge >= 0.3 is 0 Å². The number of anilines is 2. The number of pyridine rings is 1. The molecule has 0 aliphatic carbocycles. The molecule has 0 saturated heterocycles. The molecule has 4 nitrogen and oxygen atoms in total. The van der Waals surface area contributed by atoms with E-state index in [4.69, 9.17) is 5.73 Å². The monoisotopic (exact) mass is 151 g/mol. The molecule has 1 rings (SSSR count). The predicted octanol–water partition coefficient (Wildman–Crippen LogP) is 0.256. The van der Waals surface area contributed by atoms with Gasteiger partial charge in [0.05, 0.1) is 11.9 Å². The van der Waals surface area contributed by atoms with Crippen LogP contribution in [0.1, 0.15) is 0 Å². The number of nitrogens with zero attached hydrogens (tertiary/aromatic N) is 2. The van der Waals surface area contributed by atoms with Crippen LogP contribution >= 0.6 is 0 Å². The van der Waals surface area contributed by atoms with Crippen LogP contribution in [0, 0.1) is 0 Å². The zero-order valence-electron chi connectivity index (χ0n) is 6.19. The van der Waals surface area contributed by atoms with Gasteiger partial charge in [-0.05, 0) is 12.1 Å². The normalized spacial score (nSPS) is 9.18. The smallest absolute Gasteiger partial charge is 0.215 e. The van der Waals surface area contributed by atoms with E-state index in [0.29, 0.717) is 17.9 Å². The molecule has 0 aromatic carbocycles. The molecule has 0 spiro atoms. The van der Waals surface area contributed by atoms with Crippen molar-refractivity contribution < 1.29 is 4.79 Å². The van der Waals surface area contributed by atoms with Crippen LogP contribution in [0.25, 0.3) is 0 Å². The fourth-order valence-electron chi connectivity index (χ4n) is 0.660. The molecule has 0 saturated carbocycles. The van der Waals surface area contributed by atoms with Crippen molar-refractivity contribution in [3.8, 4) is 0 Å². The Hall–Kier alpha value is -1.58. The van der Waals surface area contributed by atoms with E-state index in [9.17, 15) is 4.79 Å². The molecule has 1 aromatic heterocycles. The number of nitrogens with two attached hydrogens (primary N) is 1. The van der Waals surface area contributed by atoms with Gasteiger partial charge in [0, 0.05) is 7.05 Å². The number of nitrogen functional groups attached to an aromatic ring is 1. The zero-order chi connectivity index (χ0) is 8.27. The fraction of sp³-hybridized carbons (Fsp3) is 0.143. The zero-order valence-corrected chi connectivity index (χ0v) is 6.19. The highest BCUT2D eigenvalue weighted by Gasteiger charge is 1.97. The van der Waals surface area contributed by atoms with Crippen molar-refractivity contribution in [3.63, 3.8) is 0 Å². The average molecular weight is 151 g/mol. The lowest BCUT2D eigenvalue weighted by Gasteiger charge is -2.07. The van der Waals surface area contributed by atoms with E-state index in [-0.39, 0.29) is 0 Å². The molecule has 0 aliphatic rings. The van der Waals surface area contributed by atoms with Crippen molar-refractivity contribution in [1.82, 2.24) is 4.98 Å². The number of hydrogen-bond donors (Lipinski definition) is 1. The molecule has 0 atom stereocenters. The van der Waals surface area contributed by atoms with Crippen LogP contribution in [0.5, 0.6) is 0 Å². The van der Waals surface area contributed by atoms with Crippen LogP contribution < -0.4 is 10.6 Å². The minimum absolute atomic E-state index is 0.591. The molecular weight excluding hydrogens is 142 g/mol. The number of carbonyl (C=O) groups is 1. The van der Waals surface area contributed by atoms with Crippen LogP contribution in [-0.2, 0) is 4.79 Å². The Labute approximate surface area is 64.6 Å². The second kappa shape index (κ2) is 3.01. The highest BCUT2D eigenvalue weighted by molar-refractivity contribution is 5.72. The molecule has 2 N–H and O–H groups in total. The summed E-state index contributed by atoms with van der Waals surface area (Å²) in [5.74, 6) is 0.592. The molecule has 0 bridgehead atoms. The first-order chi connectivity index (χ1) is 5.24. The first-order valence-electron chi connectivity index (χ1n) is 3.13. The summed E-state index contributed by atoms with van der Waals surface area (Å²) in [7, 11) is 1.63. The van der Waals surface area contributed by atoms with Crippen molar-refractivity contribution in [2.75, 3.05) is 17.7 Å². The fourth-order valence-corrected chi connectivity index (χ4v) is 0.660. The van der Waals surface area contributed by atoms with Gasteiger partial charge in [-0.3, -0.25) is 4.79 Å². The Kier molecular flexibility index (Phi) is 2.06. The molecular formula is C7H9N3O. The second-order valence-electron chi connectivity index (χ2n) is 2.17. The van der Waals surface area contributed by atoms with Crippen molar-refractivity contribution >= 4 is 17.9 Å². The quantitative estimate of drug-likeness (QED) is 0.616. The number of rotatable bonds is 2. The summed E-state index contributed by atoms with van der Waals surface area (Å²) >= 11 is 0. The summed E-state index contributed by atoms with van der Waals surface area (Å²) in [5.41, 5.74) is 5.99. The molecule has 1 amide bonds. The van der Waals surface area contributed by atoms with Crippen LogP contribution in [0.4, 0.5) is 11.5 Å². The maximum atomic E-state index is 10.2. The maximum Gasteiger partial charge on any atom is 0.215 e. The van der Waals surface area contributed by atoms with Crippen LogP contribution in [0.15, 0.2) is 18.3 Å². The molecule has 4 heteroatoms. The third-order valence-electron chi connectivity index (χ3n) is 1.29. The van der Waals surface area contributed by atoms with E-state index in [1.165, 1.54) is 11.1 Å². The third-order valence-corrected chi connectivity index (χ3v) is 1.29. The first-order valence-corrected chi connectivity index (χ1v) is 3.13. The number of aromatic nitrogens is 1. The maximum absolute atomic E-state index is 10.2. The summed E-state index contributed by atoms with van der Waals surface area (Å²) in [6.45, 7) is 0. The lowest BCUT2D eigenvalue weighted by Crippen LogP contribution is -2.14. The summed E-state index contributed by atoms with van der Waals surface area (Å²) in [6.07, 6.45) is 2.20. The highest BCUT2D eigenvalue weighted by atomic mass is 16.1. The van der Waals surface area contributed by atoms with E-state index < -0.39 is 0 Å². The van der Waals surface area contributed by atoms with Crippen LogP contribution in [0.3, 0.4) is 0 Å². The Morgan fingerprint density at radius 2 is 2.36 bits per heavy atom. The molecule has 1 aromatic rings. The van der Waals surface area contributed by atoms with Gasteiger partial charge in [0.1, 0.15) is 5.82 Å². The standard InChI is InChI=1S/C7H9N3O/c1-10(5-11)7-3-2-6(8)4-9-7/h2-5H,8H2,1H3. The Balaban J connectivity index is 2.89. The van der Waals surface area contributed by atoms with E-state index in [1.807, 2.05) is 0 Å². The SMILES string of the molecule is CN(C=O)c1ccc(N)cn1. The van der Waals surface area contributed by atoms with Crippen molar-refractivity contribution in [3.05, 3.63) is 18.3 Å². The average Bonchev–Trinajstić information content (AvgIpc) is 2.05. The van der Waals surface area contributed by atoms with Gasteiger partial charge in [-0.15, -0.1) is 0 Å². The predicted molar refractivity (Wildman–Crippen MR) is 43.1 cm³/mol. The first kappa shape index (κ1) is 7.53. The van der Waals surface area contributed by atoms with Crippen LogP contribution in [0.2, 0.25) is 0 Å². The van der Waals surface area contributed by atoms with Gasteiger partial charge in [-0.25, -0.2) is 4.98 Å². The lowest BCUT2D eigenvalue weighted by molar-refractivity contribution is -0.107. The topological polar surface area (TPSA) is 59.2 Å². The molecule has 58 valence electrons. The van der Waals surface area contributed by atoms with E-state index in [1.54, 1.807) is 19.2 Å². The summed E-state index contributed by atoms with van der Waals surface area (Å²) < 4.78 is 0. The Bertz CT molecular complexity index is 244. The molecule has 0 unspecified atom stereocenters. The van der Waals surface area contributed by atoms with Gasteiger partial charge in [-0.2, -0.15) is 0 Å². The second-order valence-corrected chi connectivity index (χ2v) is 2.17. The van der Waals surface area contributed by atoms with E-state index >= 15 is 0 Å². The Morgan fingerprint density at radius 3 is 2.82 bits per heavy atom. The van der Waals surface area contributed by atoms with Crippen molar-refractivity contribution in [2.45, 2.75) is 0 Å². The van der Waals surface area contributed by atoms with Crippen molar-refractivity contribution in [2.24, 2.45) is 0 Å². The summed E-state index contributed by atoms with van der Waals surface area (Å²) in [5, 5.41) is 0. The molecule has 11 heavy (non-hydrogen) atoms. The largest absolute Gasteiger partial charge is 0.397 e. The van der Waals surface area contributed by atoms with Gasteiger partial charge in [0.25, 0.3) is 0 Å². The molecule has 0 aliphatic heterocycles.